The second kappa shape index (κ2) is 8.16. The molecule has 1 aliphatic rings. The number of ether oxygens (including phenoxy) is 1. The average molecular weight is 369 g/mol. The number of benzene rings is 1. The number of aromatic nitrogens is 2. The molecule has 1 fully saturated rings. The van der Waals surface area contributed by atoms with E-state index < -0.39 is 5.97 Å². The van der Waals surface area contributed by atoms with E-state index in [0.29, 0.717) is 19.0 Å². The van der Waals surface area contributed by atoms with Crippen LogP contribution in [-0.2, 0) is 0 Å². The fourth-order valence-corrected chi connectivity index (χ4v) is 3.01. The van der Waals surface area contributed by atoms with Crippen molar-refractivity contribution in [1.29, 1.82) is 0 Å². The molecule has 7 heteroatoms. The number of carboxylic acids is 1. The molecule has 0 spiro atoms. The van der Waals surface area contributed by atoms with Crippen LogP contribution in [0.2, 0.25) is 0 Å². The summed E-state index contributed by atoms with van der Waals surface area (Å²) in [7, 11) is 0. The predicted molar refractivity (Wildman–Crippen MR) is 99.1 cm³/mol. The maximum atomic E-state index is 12.5. The molecule has 0 unspecified atom stereocenters. The van der Waals surface area contributed by atoms with Gasteiger partial charge in [0.15, 0.2) is 5.69 Å². The normalized spacial score (nSPS) is 15.0. The lowest BCUT2D eigenvalue weighted by molar-refractivity contribution is 0.0587. The molecule has 0 radical (unpaired) electrons. The van der Waals surface area contributed by atoms with Crippen LogP contribution >= 0.6 is 0 Å². The lowest BCUT2D eigenvalue weighted by atomic mass is 10.0. The van der Waals surface area contributed by atoms with Gasteiger partial charge < -0.3 is 14.7 Å². The van der Waals surface area contributed by atoms with Crippen molar-refractivity contribution in [3.63, 3.8) is 0 Å². The SMILES string of the molecule is CC(C)c1ccc(OC2CCN(C(=O)c3cnc(C(=O)O)cn3)CC2)cc1. The van der Waals surface area contributed by atoms with E-state index in [1.165, 1.54) is 11.8 Å². The van der Waals surface area contributed by atoms with Gasteiger partial charge in [-0.1, -0.05) is 26.0 Å². The molecule has 2 heterocycles. The second-order valence-electron chi connectivity index (χ2n) is 6.93. The number of hydrogen-bond acceptors (Lipinski definition) is 5. The molecule has 0 aliphatic carbocycles. The maximum absolute atomic E-state index is 12.5. The Morgan fingerprint density at radius 2 is 1.67 bits per heavy atom. The molecule has 1 aliphatic heterocycles. The minimum Gasteiger partial charge on any atom is -0.490 e. The first-order chi connectivity index (χ1) is 12.9. The van der Waals surface area contributed by atoms with Gasteiger partial charge in [0.05, 0.1) is 12.4 Å². The van der Waals surface area contributed by atoms with Gasteiger partial charge in [0.2, 0.25) is 0 Å². The van der Waals surface area contributed by atoms with Crippen LogP contribution < -0.4 is 4.74 Å². The quantitative estimate of drug-likeness (QED) is 0.871. The highest BCUT2D eigenvalue weighted by atomic mass is 16.5. The van der Waals surface area contributed by atoms with E-state index in [1.54, 1.807) is 4.90 Å². The number of rotatable bonds is 5. The Labute approximate surface area is 158 Å². The number of aromatic carboxylic acids is 1. The third-order valence-electron chi connectivity index (χ3n) is 4.67. The largest absolute Gasteiger partial charge is 0.490 e. The Hall–Kier alpha value is -2.96. The van der Waals surface area contributed by atoms with E-state index in [2.05, 4.69) is 35.9 Å². The monoisotopic (exact) mass is 369 g/mol. The summed E-state index contributed by atoms with van der Waals surface area (Å²) in [4.78, 5) is 32.7. The molecule has 7 nitrogen and oxygen atoms in total. The Kier molecular flexibility index (Phi) is 5.69. The van der Waals surface area contributed by atoms with Gasteiger partial charge in [0, 0.05) is 25.9 Å². The van der Waals surface area contributed by atoms with Crippen molar-refractivity contribution in [3.8, 4) is 5.75 Å². The van der Waals surface area contributed by atoms with Crippen LogP contribution in [0.25, 0.3) is 0 Å². The summed E-state index contributed by atoms with van der Waals surface area (Å²) < 4.78 is 6.03. The first kappa shape index (κ1) is 18.8. The molecule has 0 saturated carbocycles. The molecule has 0 atom stereocenters. The molecule has 142 valence electrons. The maximum Gasteiger partial charge on any atom is 0.356 e. The first-order valence-electron chi connectivity index (χ1n) is 9.05. The van der Waals surface area contributed by atoms with Crippen molar-refractivity contribution in [2.45, 2.75) is 38.7 Å². The number of carbonyl (C=O) groups is 2. The van der Waals surface area contributed by atoms with Crippen molar-refractivity contribution >= 4 is 11.9 Å². The zero-order valence-electron chi connectivity index (χ0n) is 15.5. The number of piperidine rings is 1. The fraction of sp³-hybridized carbons (Fsp3) is 0.400. The van der Waals surface area contributed by atoms with Gasteiger partial charge in [0.1, 0.15) is 17.5 Å². The Bertz CT molecular complexity index is 795. The van der Waals surface area contributed by atoms with Gasteiger partial charge in [-0.05, 0) is 23.6 Å². The van der Waals surface area contributed by atoms with Crippen LogP contribution in [-0.4, -0.2) is 51.0 Å². The molecule has 1 aromatic carbocycles. The summed E-state index contributed by atoms with van der Waals surface area (Å²) in [5.74, 6) is -0.0691. The van der Waals surface area contributed by atoms with Gasteiger partial charge in [-0.3, -0.25) is 4.79 Å². The van der Waals surface area contributed by atoms with Gasteiger partial charge in [-0.25, -0.2) is 14.8 Å². The van der Waals surface area contributed by atoms with Gasteiger partial charge in [0.25, 0.3) is 5.91 Å². The van der Waals surface area contributed by atoms with Gasteiger partial charge in [-0.15, -0.1) is 0 Å². The van der Waals surface area contributed by atoms with Crippen LogP contribution in [0.5, 0.6) is 5.75 Å². The first-order valence-corrected chi connectivity index (χ1v) is 9.05. The van der Waals surface area contributed by atoms with Crippen LogP contribution in [0.15, 0.2) is 36.7 Å². The van der Waals surface area contributed by atoms with Crippen molar-refractivity contribution in [1.82, 2.24) is 14.9 Å². The summed E-state index contributed by atoms with van der Waals surface area (Å²) in [5, 5.41) is 8.84. The Morgan fingerprint density at radius 3 is 2.19 bits per heavy atom. The molecular formula is C20H23N3O4. The zero-order chi connectivity index (χ0) is 19.4. The van der Waals surface area contributed by atoms with Crippen molar-refractivity contribution in [3.05, 3.63) is 53.6 Å². The lowest BCUT2D eigenvalue weighted by Gasteiger charge is -2.32. The standard InChI is InChI=1S/C20H23N3O4/c1-13(2)14-3-5-15(6-4-14)27-16-7-9-23(10-8-16)19(24)17-11-22-18(12-21-17)20(25)26/h3-6,11-13,16H,7-10H2,1-2H3,(H,25,26). The highest BCUT2D eigenvalue weighted by molar-refractivity contribution is 5.92. The van der Waals surface area contributed by atoms with E-state index >= 15 is 0 Å². The molecule has 3 rings (SSSR count). The predicted octanol–water partition coefficient (Wildman–Crippen LogP) is 2.98. The van der Waals surface area contributed by atoms with Crippen LogP contribution in [0, 0.1) is 0 Å². The van der Waals surface area contributed by atoms with Crippen molar-refractivity contribution < 1.29 is 19.4 Å². The summed E-state index contributed by atoms with van der Waals surface area (Å²) in [6.07, 6.45) is 3.85. The molecule has 0 bridgehead atoms. The van der Waals surface area contributed by atoms with Crippen LogP contribution in [0.3, 0.4) is 0 Å². The van der Waals surface area contributed by atoms with Crippen LogP contribution in [0.4, 0.5) is 0 Å². The van der Waals surface area contributed by atoms with Gasteiger partial charge in [-0.2, -0.15) is 0 Å². The molecule has 1 aromatic heterocycles. The molecule has 2 aromatic rings. The molecule has 1 saturated heterocycles. The Morgan fingerprint density at radius 1 is 1.07 bits per heavy atom. The van der Waals surface area contributed by atoms with E-state index in [1.807, 2.05) is 12.1 Å². The minimum absolute atomic E-state index is 0.0689. The molecule has 1 amide bonds. The number of carboxylic acid groups (broad SMARTS) is 1. The molecular weight excluding hydrogens is 346 g/mol. The van der Waals surface area contributed by atoms with Crippen LogP contribution in [0.1, 0.15) is 59.1 Å². The van der Waals surface area contributed by atoms with E-state index in [-0.39, 0.29) is 23.4 Å². The average Bonchev–Trinajstić information content (AvgIpc) is 2.68. The number of amides is 1. The highest BCUT2D eigenvalue weighted by Gasteiger charge is 2.25. The smallest absolute Gasteiger partial charge is 0.356 e. The third-order valence-corrected chi connectivity index (χ3v) is 4.67. The zero-order valence-corrected chi connectivity index (χ0v) is 15.5. The van der Waals surface area contributed by atoms with E-state index in [4.69, 9.17) is 9.84 Å². The minimum atomic E-state index is -1.17. The summed E-state index contributed by atoms with van der Waals surface area (Å²) >= 11 is 0. The molecule has 1 N–H and O–H groups in total. The van der Waals surface area contributed by atoms with Gasteiger partial charge >= 0.3 is 5.97 Å². The highest BCUT2D eigenvalue weighted by Crippen LogP contribution is 2.22. The van der Waals surface area contributed by atoms with E-state index in [9.17, 15) is 9.59 Å². The number of likely N-dealkylation sites (tertiary alicyclic amines) is 1. The Balaban J connectivity index is 1.53. The third kappa shape index (κ3) is 4.61. The second-order valence-corrected chi connectivity index (χ2v) is 6.93. The summed E-state index contributed by atoms with van der Waals surface area (Å²) in [5.41, 5.74) is 1.25. The summed E-state index contributed by atoms with van der Waals surface area (Å²) in [6, 6.07) is 8.15. The topological polar surface area (TPSA) is 92.6 Å². The number of hydrogen-bond donors (Lipinski definition) is 1. The van der Waals surface area contributed by atoms with Crippen molar-refractivity contribution in [2.24, 2.45) is 0 Å². The van der Waals surface area contributed by atoms with Crippen molar-refractivity contribution in [2.75, 3.05) is 13.1 Å². The summed E-state index contributed by atoms with van der Waals surface area (Å²) in [6.45, 7) is 5.44. The van der Waals surface area contributed by atoms with E-state index in [0.717, 1.165) is 24.8 Å². The molecule has 27 heavy (non-hydrogen) atoms. The lowest BCUT2D eigenvalue weighted by Crippen LogP contribution is -2.42. The number of carbonyl (C=O) groups excluding carboxylic acids is 1. The fourth-order valence-electron chi connectivity index (χ4n) is 3.01. The number of nitrogens with zero attached hydrogens (tertiary/aromatic N) is 3.